The molecule has 1 amide bonds. The van der Waals surface area contributed by atoms with Crippen molar-refractivity contribution in [1.82, 2.24) is 24.5 Å². The van der Waals surface area contributed by atoms with Crippen molar-refractivity contribution in [2.24, 2.45) is 11.8 Å². The third-order valence-corrected chi connectivity index (χ3v) is 13.8. The number of amides is 1. The van der Waals surface area contributed by atoms with Crippen LogP contribution in [0.5, 0.6) is 0 Å². The highest BCUT2D eigenvalue weighted by atomic mass is 79.9. The predicted molar refractivity (Wildman–Crippen MR) is 273 cm³/mol. The number of carbonyl (C=O) groups excluding carboxylic acids is 1. The molecular weight excluding hydrogens is 926 g/mol. The molecule has 0 aromatic carbocycles. The smallest absolute Gasteiger partial charge is 0.410 e. The first-order valence-electron chi connectivity index (χ1n) is 25.8. The van der Waals surface area contributed by atoms with Gasteiger partial charge in [-0.05, 0) is 99.8 Å². The Labute approximate surface area is 417 Å². The number of morpholine rings is 5. The summed E-state index contributed by atoms with van der Waals surface area (Å²) in [6.45, 7) is 31.4. The normalized spacial score (nSPS) is 28.8. The summed E-state index contributed by atoms with van der Waals surface area (Å²) in [4.78, 5) is 22.8. The van der Waals surface area contributed by atoms with Crippen LogP contribution in [-0.2, 0) is 37.9 Å². The van der Waals surface area contributed by atoms with E-state index in [2.05, 4.69) is 84.4 Å². The summed E-state index contributed by atoms with van der Waals surface area (Å²) in [5.74, 6) is 1.28. The van der Waals surface area contributed by atoms with Gasteiger partial charge >= 0.3 is 6.09 Å². The van der Waals surface area contributed by atoms with Crippen molar-refractivity contribution in [2.45, 2.75) is 136 Å². The van der Waals surface area contributed by atoms with Crippen molar-refractivity contribution in [3.05, 3.63) is 0 Å². The maximum atomic E-state index is 11.8. The molecule has 0 spiro atoms. The molecule has 7 aliphatic rings. The molecular formula is C50H102BrN5O11. The maximum Gasteiger partial charge on any atom is 0.410 e. The van der Waals surface area contributed by atoms with Gasteiger partial charge in [0.15, 0.2) is 0 Å². The standard InChI is InChI=1S/C11H21NO3.2C7H15NO.C7H14O.C6H12BrNO.C6H13NO2.C6H12O2/c1-5-9-8-14-7-6-12(9)10(13)15-11(2,3)4;2*1-3-7-6-9-5-4-8(7)2;1-2-7-4-3-5-8-6-7;1-8-2-3-9-5-6(8)4-7;1-7-2-3-9-5-6(7)4-8;7-4-6-2-1-3-8-5-6/h9H,5-8H2,1-4H3;2*7H,3-6H2,1-2H3;7H,2-6H2,1H3;6H,2-5H2,1H3;6,8H,2-5H2,1H3;6-7H,1-5H2/t9-;3*7-;3*6-/m0001000/s1. The van der Waals surface area contributed by atoms with E-state index in [1.165, 1.54) is 32.1 Å². The van der Waals surface area contributed by atoms with Crippen LogP contribution in [-0.4, -0.2) is 249 Å². The molecule has 0 unspecified atom stereocenters. The van der Waals surface area contributed by atoms with Gasteiger partial charge in [0.05, 0.1) is 91.4 Å². The van der Waals surface area contributed by atoms with Crippen LogP contribution in [0, 0.1) is 11.8 Å². The van der Waals surface area contributed by atoms with E-state index in [4.69, 9.17) is 48.1 Å². The van der Waals surface area contributed by atoms with Crippen LogP contribution < -0.4 is 0 Å². The van der Waals surface area contributed by atoms with Gasteiger partial charge in [-0.2, -0.15) is 0 Å². The van der Waals surface area contributed by atoms with E-state index in [1.54, 1.807) is 4.90 Å². The van der Waals surface area contributed by atoms with Crippen LogP contribution in [0.3, 0.4) is 0 Å². The average Bonchev–Trinajstić information content (AvgIpc) is 3.35. The minimum absolute atomic E-state index is 0.161. The zero-order valence-electron chi connectivity index (χ0n) is 44.4. The lowest BCUT2D eigenvalue weighted by molar-refractivity contribution is -0.0328. The fourth-order valence-corrected chi connectivity index (χ4v) is 8.48. The van der Waals surface area contributed by atoms with Gasteiger partial charge in [0.2, 0.25) is 0 Å². The Bertz CT molecular complexity index is 1050. The average molecular weight is 1030 g/mol. The van der Waals surface area contributed by atoms with Crippen LogP contribution in [0.15, 0.2) is 0 Å². The number of hydrogen-bond acceptors (Lipinski definition) is 15. The van der Waals surface area contributed by atoms with E-state index < -0.39 is 5.60 Å². The molecule has 400 valence electrons. The number of likely N-dealkylation sites (N-methyl/N-ethyl adjacent to an activating group) is 4. The molecule has 7 aliphatic heterocycles. The summed E-state index contributed by atoms with van der Waals surface area (Å²) >= 11 is 3.43. The fraction of sp³-hybridized carbons (Fsp3) is 0.980. The second kappa shape index (κ2) is 39.8. The van der Waals surface area contributed by atoms with E-state index in [9.17, 15) is 4.79 Å². The minimum atomic E-state index is -0.423. The lowest BCUT2D eigenvalue weighted by Gasteiger charge is -2.36. The molecule has 2 N–H and O–H groups in total. The molecule has 16 nitrogen and oxygen atoms in total. The molecule has 0 bridgehead atoms. The fourth-order valence-electron chi connectivity index (χ4n) is 7.80. The van der Waals surface area contributed by atoms with Crippen molar-refractivity contribution in [1.29, 1.82) is 0 Å². The van der Waals surface area contributed by atoms with Crippen LogP contribution in [0.1, 0.15) is 99.8 Å². The molecule has 67 heavy (non-hydrogen) atoms. The molecule has 0 aromatic rings. The number of hydrogen-bond donors (Lipinski definition) is 2. The number of rotatable bonds is 7. The predicted octanol–water partition coefficient (Wildman–Crippen LogP) is 5.74. The monoisotopic (exact) mass is 1030 g/mol. The van der Waals surface area contributed by atoms with Crippen molar-refractivity contribution in [3.63, 3.8) is 0 Å². The number of ether oxygens (including phenoxy) is 8. The summed E-state index contributed by atoms with van der Waals surface area (Å²) in [6, 6.07) is 2.29. The first-order valence-corrected chi connectivity index (χ1v) is 26.9. The highest BCUT2D eigenvalue weighted by Crippen LogP contribution is 2.17. The molecule has 0 aromatic heterocycles. The van der Waals surface area contributed by atoms with E-state index in [1.807, 2.05) is 27.8 Å². The quantitative estimate of drug-likeness (QED) is 0.299. The van der Waals surface area contributed by atoms with Gasteiger partial charge in [0, 0.05) is 88.5 Å². The molecule has 7 heterocycles. The second-order valence-electron chi connectivity index (χ2n) is 19.6. The molecule has 7 saturated heterocycles. The number of aliphatic hydroxyl groups is 2. The topological polar surface area (TPSA) is 148 Å². The highest BCUT2D eigenvalue weighted by Gasteiger charge is 2.30. The van der Waals surface area contributed by atoms with E-state index in [0.29, 0.717) is 57.0 Å². The molecule has 17 heteroatoms. The van der Waals surface area contributed by atoms with Gasteiger partial charge in [-0.25, -0.2) is 4.79 Å². The molecule has 0 radical (unpaired) electrons. The summed E-state index contributed by atoms with van der Waals surface area (Å²) < 4.78 is 42.1. The lowest BCUT2D eigenvalue weighted by atomic mass is 10.0. The maximum absolute atomic E-state index is 11.8. The lowest BCUT2D eigenvalue weighted by Crippen LogP contribution is -2.50. The van der Waals surface area contributed by atoms with Crippen molar-refractivity contribution >= 4 is 22.0 Å². The first-order chi connectivity index (χ1) is 32.2. The number of carbonyl (C=O) groups is 1. The summed E-state index contributed by atoms with van der Waals surface area (Å²) in [6.07, 6.45) is 9.29. The SMILES string of the molecule is CC[C@@H]1CCCOC1.CC[C@H]1COCCN1C.CC[C@H]1COCCN1C.CC[C@H]1COCCN1C(=O)OC(C)(C)C.CN1CCOC[C@@H]1CBr.CN1CCOC[C@@H]1CO.OC[C@@H]1CCCOC1. The van der Waals surface area contributed by atoms with Gasteiger partial charge in [0.25, 0.3) is 0 Å². The zero-order chi connectivity index (χ0) is 49.9. The van der Waals surface area contributed by atoms with E-state index in [0.717, 1.165) is 129 Å². The van der Waals surface area contributed by atoms with Gasteiger partial charge in [-0.3, -0.25) is 19.6 Å². The van der Waals surface area contributed by atoms with Crippen molar-refractivity contribution < 1.29 is 52.9 Å². The molecule has 7 rings (SSSR count). The summed E-state index contributed by atoms with van der Waals surface area (Å²) in [7, 11) is 8.46. The third-order valence-electron chi connectivity index (χ3n) is 13.1. The van der Waals surface area contributed by atoms with Crippen LogP contribution in [0.2, 0.25) is 0 Å². The van der Waals surface area contributed by atoms with Crippen molar-refractivity contribution in [3.8, 4) is 0 Å². The Morgan fingerprint density at radius 1 is 0.507 bits per heavy atom. The molecule has 7 fully saturated rings. The van der Waals surface area contributed by atoms with Gasteiger partial charge < -0.3 is 53.0 Å². The molecule has 0 saturated carbocycles. The number of nitrogens with zero attached hydrogens (tertiary/aromatic N) is 5. The summed E-state index contributed by atoms with van der Waals surface area (Å²) in [5.41, 5.74) is -0.423. The Balaban J connectivity index is 0.000000395. The Hall–Kier alpha value is -0.770. The minimum Gasteiger partial charge on any atom is -0.444 e. The first kappa shape index (κ1) is 64.2. The molecule has 7 atom stereocenters. The van der Waals surface area contributed by atoms with Crippen molar-refractivity contribution in [2.75, 3.05) is 172 Å². The number of halogens is 1. The second-order valence-corrected chi connectivity index (χ2v) is 20.2. The largest absolute Gasteiger partial charge is 0.444 e. The van der Waals surface area contributed by atoms with Crippen LogP contribution >= 0.6 is 15.9 Å². The summed E-state index contributed by atoms with van der Waals surface area (Å²) in [5, 5.41) is 18.4. The van der Waals surface area contributed by atoms with Gasteiger partial charge in [0.1, 0.15) is 5.60 Å². The van der Waals surface area contributed by atoms with E-state index >= 15 is 0 Å². The van der Waals surface area contributed by atoms with Crippen LogP contribution in [0.4, 0.5) is 4.79 Å². The highest BCUT2D eigenvalue weighted by molar-refractivity contribution is 9.09. The van der Waals surface area contributed by atoms with Gasteiger partial charge in [-0.1, -0.05) is 50.0 Å². The Morgan fingerprint density at radius 2 is 0.881 bits per heavy atom. The van der Waals surface area contributed by atoms with E-state index in [-0.39, 0.29) is 24.8 Å². The number of alkyl halides is 1. The third kappa shape index (κ3) is 30.0. The molecule has 0 aliphatic carbocycles. The Morgan fingerprint density at radius 3 is 1.13 bits per heavy atom. The van der Waals surface area contributed by atoms with Crippen LogP contribution in [0.25, 0.3) is 0 Å². The van der Waals surface area contributed by atoms with Gasteiger partial charge in [-0.15, -0.1) is 0 Å². The zero-order valence-corrected chi connectivity index (χ0v) is 46.0. The Kier molecular flexibility index (Phi) is 38.2. The number of aliphatic hydroxyl groups excluding tert-OH is 2.